The van der Waals surface area contributed by atoms with Crippen LogP contribution in [0, 0.1) is 6.92 Å². The largest absolute Gasteiger partial charge is 0.475 e. The molecule has 2 aliphatic heterocycles. The summed E-state index contributed by atoms with van der Waals surface area (Å²) >= 11 is 1.53. The van der Waals surface area contributed by atoms with E-state index in [-0.39, 0.29) is 37.5 Å². The number of ether oxygens (including phenoxy) is 1. The normalized spacial score (nSPS) is 22.5. The standard InChI is InChI=1S/C31H32F6N4O3S/c1-3-5-25-29(44-22-8-6-21(7-9-22)30(32,33)34,28(43)40-15-11-20(18-40)26-39-16-19(2)45-26)12-4-14-41(25)27(42)23-17-38-13-10-24(23)31(35,36)37/h6-10,13,16-17,20,25H,3-5,11-12,14-15,18H2,1-2H3/t20?,25-,29+/m1/s1. The van der Waals surface area contributed by atoms with Crippen LogP contribution in [0.15, 0.2) is 48.9 Å². The SMILES string of the molecule is CCC[C@H]1N(C(=O)c2cnccc2C(F)(F)F)CCC[C@@]1(Oc1ccc(C(F)(F)F)cc1)C(=O)N1CCC(c2ncc(C)s2)C1. The molecule has 45 heavy (non-hydrogen) atoms. The lowest BCUT2D eigenvalue weighted by atomic mass is 9.79. The summed E-state index contributed by atoms with van der Waals surface area (Å²) in [5.41, 5.74) is -4.47. The first-order valence-corrected chi connectivity index (χ1v) is 15.5. The number of pyridine rings is 1. The number of nitrogens with zero attached hydrogens (tertiary/aromatic N) is 4. The Balaban J connectivity index is 1.55. The molecule has 2 aromatic heterocycles. The molecular formula is C31H32F6N4O3S. The maximum Gasteiger partial charge on any atom is 0.417 e. The Labute approximate surface area is 260 Å². The number of thiazole rings is 1. The van der Waals surface area contributed by atoms with Crippen molar-refractivity contribution in [3.05, 3.63) is 75.5 Å². The fraction of sp³-hybridized carbons (Fsp3) is 0.484. The Morgan fingerprint density at radius 1 is 1.04 bits per heavy atom. The van der Waals surface area contributed by atoms with E-state index in [0.29, 0.717) is 25.9 Å². The molecule has 7 nitrogen and oxygen atoms in total. The number of amides is 2. The van der Waals surface area contributed by atoms with Crippen molar-refractivity contribution in [1.29, 1.82) is 0 Å². The van der Waals surface area contributed by atoms with Crippen molar-refractivity contribution < 1.29 is 40.7 Å². The van der Waals surface area contributed by atoms with Gasteiger partial charge in [-0.05, 0) is 56.5 Å². The van der Waals surface area contributed by atoms with Gasteiger partial charge >= 0.3 is 12.4 Å². The summed E-state index contributed by atoms with van der Waals surface area (Å²) in [5, 5.41) is 0.877. The molecule has 242 valence electrons. The predicted molar refractivity (Wildman–Crippen MR) is 154 cm³/mol. The number of benzene rings is 1. The van der Waals surface area contributed by atoms with Gasteiger partial charge in [0.2, 0.25) is 5.60 Å². The van der Waals surface area contributed by atoms with Crippen LogP contribution in [0.2, 0.25) is 0 Å². The third kappa shape index (κ3) is 6.66. The molecule has 3 aromatic rings. The summed E-state index contributed by atoms with van der Waals surface area (Å²) in [7, 11) is 0. The number of likely N-dealkylation sites (tertiary alicyclic amines) is 2. The van der Waals surface area contributed by atoms with Gasteiger partial charge in [-0.3, -0.25) is 14.6 Å². The minimum absolute atomic E-state index is 0.0181. The van der Waals surface area contributed by atoms with E-state index in [9.17, 15) is 35.9 Å². The summed E-state index contributed by atoms with van der Waals surface area (Å²) < 4.78 is 88.1. The van der Waals surface area contributed by atoms with E-state index >= 15 is 0 Å². The van der Waals surface area contributed by atoms with Gasteiger partial charge in [-0.2, -0.15) is 26.3 Å². The number of alkyl halides is 6. The van der Waals surface area contributed by atoms with Crippen LogP contribution in [0.3, 0.4) is 0 Å². The Hall–Kier alpha value is -3.68. The highest BCUT2D eigenvalue weighted by Crippen LogP contribution is 2.42. The summed E-state index contributed by atoms with van der Waals surface area (Å²) in [6.07, 6.45) is -4.26. The fourth-order valence-electron chi connectivity index (χ4n) is 6.27. The average Bonchev–Trinajstić information content (AvgIpc) is 3.66. The van der Waals surface area contributed by atoms with Crippen molar-refractivity contribution in [1.82, 2.24) is 19.8 Å². The molecule has 14 heteroatoms. The number of halogens is 6. The van der Waals surface area contributed by atoms with Crippen LogP contribution in [0.25, 0.3) is 0 Å². The van der Waals surface area contributed by atoms with Crippen LogP contribution in [-0.4, -0.2) is 62.9 Å². The average molecular weight is 655 g/mol. The van der Waals surface area contributed by atoms with Crippen molar-refractivity contribution in [3.63, 3.8) is 0 Å². The van der Waals surface area contributed by atoms with E-state index in [0.717, 1.165) is 52.6 Å². The first kappa shape index (κ1) is 32.7. The molecule has 2 fully saturated rings. The minimum atomic E-state index is -4.83. The first-order chi connectivity index (χ1) is 21.2. The second-order valence-corrected chi connectivity index (χ2v) is 12.7. The molecule has 0 spiro atoms. The van der Waals surface area contributed by atoms with E-state index in [1.54, 1.807) is 11.1 Å². The third-order valence-corrected chi connectivity index (χ3v) is 9.42. The van der Waals surface area contributed by atoms with E-state index in [1.165, 1.54) is 16.2 Å². The zero-order chi connectivity index (χ0) is 32.6. The Morgan fingerprint density at radius 3 is 2.40 bits per heavy atom. The number of carbonyl (C=O) groups excluding carboxylic acids is 2. The summed E-state index contributed by atoms with van der Waals surface area (Å²) in [4.78, 5) is 40.6. The summed E-state index contributed by atoms with van der Waals surface area (Å²) in [6, 6.07) is 3.64. The molecule has 0 N–H and O–H groups in total. The second-order valence-electron chi connectivity index (χ2n) is 11.4. The Morgan fingerprint density at radius 2 is 1.78 bits per heavy atom. The molecule has 2 aliphatic rings. The highest BCUT2D eigenvalue weighted by atomic mass is 32.1. The predicted octanol–water partition coefficient (Wildman–Crippen LogP) is 7.12. The van der Waals surface area contributed by atoms with Gasteiger partial charge in [-0.15, -0.1) is 11.3 Å². The fourth-order valence-corrected chi connectivity index (χ4v) is 7.17. The highest BCUT2D eigenvalue weighted by molar-refractivity contribution is 7.11. The number of rotatable bonds is 7. The lowest BCUT2D eigenvalue weighted by Crippen LogP contribution is -2.67. The molecule has 2 saturated heterocycles. The monoisotopic (exact) mass is 654 g/mol. The van der Waals surface area contributed by atoms with Crippen LogP contribution >= 0.6 is 11.3 Å². The zero-order valence-electron chi connectivity index (χ0n) is 24.6. The summed E-state index contributed by atoms with van der Waals surface area (Å²) in [6.45, 7) is 4.47. The van der Waals surface area contributed by atoms with Gasteiger partial charge in [0, 0.05) is 55.4 Å². The lowest BCUT2D eigenvalue weighted by Gasteiger charge is -2.49. The van der Waals surface area contributed by atoms with Gasteiger partial charge in [-0.25, -0.2) is 4.98 Å². The number of hydrogen-bond acceptors (Lipinski definition) is 6. The van der Waals surface area contributed by atoms with Crippen molar-refractivity contribution in [2.45, 2.75) is 75.9 Å². The van der Waals surface area contributed by atoms with Crippen LogP contribution in [0.1, 0.15) is 76.3 Å². The molecule has 0 aliphatic carbocycles. The van der Waals surface area contributed by atoms with Crippen LogP contribution in [0.4, 0.5) is 26.3 Å². The van der Waals surface area contributed by atoms with E-state index in [1.807, 2.05) is 13.8 Å². The number of carbonyl (C=O) groups is 2. The highest BCUT2D eigenvalue weighted by Gasteiger charge is 2.56. The number of aromatic nitrogens is 2. The third-order valence-electron chi connectivity index (χ3n) is 8.35. The van der Waals surface area contributed by atoms with Gasteiger partial charge in [0.1, 0.15) is 5.75 Å². The van der Waals surface area contributed by atoms with Crippen LogP contribution in [-0.2, 0) is 17.1 Å². The molecule has 4 heterocycles. The topological polar surface area (TPSA) is 75.6 Å². The van der Waals surface area contributed by atoms with Crippen molar-refractivity contribution in [2.24, 2.45) is 0 Å². The number of hydrogen-bond donors (Lipinski definition) is 0. The summed E-state index contributed by atoms with van der Waals surface area (Å²) in [5.74, 6) is -1.46. The molecule has 2 amide bonds. The maximum atomic E-state index is 14.6. The van der Waals surface area contributed by atoms with Gasteiger partial charge in [0.15, 0.2) is 0 Å². The maximum absolute atomic E-state index is 14.6. The van der Waals surface area contributed by atoms with Gasteiger partial charge in [-0.1, -0.05) is 13.3 Å². The quantitative estimate of drug-likeness (QED) is 0.254. The van der Waals surface area contributed by atoms with E-state index in [2.05, 4.69) is 9.97 Å². The zero-order valence-corrected chi connectivity index (χ0v) is 25.4. The first-order valence-electron chi connectivity index (χ1n) is 14.6. The van der Waals surface area contributed by atoms with E-state index in [4.69, 9.17) is 4.74 Å². The Bertz CT molecular complexity index is 1530. The smallest absolute Gasteiger partial charge is 0.417 e. The van der Waals surface area contributed by atoms with Crippen LogP contribution < -0.4 is 4.74 Å². The number of aryl methyl sites for hydroxylation is 1. The van der Waals surface area contributed by atoms with Gasteiger partial charge < -0.3 is 14.5 Å². The van der Waals surface area contributed by atoms with Crippen molar-refractivity contribution in [2.75, 3.05) is 19.6 Å². The molecule has 3 atom stereocenters. The van der Waals surface area contributed by atoms with Gasteiger partial charge in [0.05, 0.1) is 27.7 Å². The number of piperidine rings is 1. The molecule has 1 aromatic carbocycles. The van der Waals surface area contributed by atoms with Gasteiger partial charge in [0.25, 0.3) is 11.8 Å². The van der Waals surface area contributed by atoms with E-state index < -0.39 is 52.5 Å². The second kappa shape index (κ2) is 12.6. The molecule has 0 saturated carbocycles. The molecule has 0 radical (unpaired) electrons. The minimum Gasteiger partial charge on any atom is -0.475 e. The van der Waals surface area contributed by atoms with Crippen LogP contribution in [0.5, 0.6) is 5.75 Å². The van der Waals surface area contributed by atoms with Crippen molar-refractivity contribution in [3.8, 4) is 5.75 Å². The molecular weight excluding hydrogens is 622 g/mol. The molecule has 0 bridgehead atoms. The molecule has 5 rings (SSSR count). The molecule has 1 unspecified atom stereocenters. The van der Waals surface area contributed by atoms with Crippen molar-refractivity contribution >= 4 is 23.2 Å². The Kier molecular flexibility index (Phi) is 9.16. The lowest BCUT2D eigenvalue weighted by molar-refractivity contribution is -0.158.